The zero-order chi connectivity index (χ0) is 14.4. The summed E-state index contributed by atoms with van der Waals surface area (Å²) in [4.78, 5) is 19.3. The number of carbonyl (C=O) groups excluding carboxylic acids is 1. The predicted molar refractivity (Wildman–Crippen MR) is 77.6 cm³/mol. The Morgan fingerprint density at radius 3 is 2.75 bits per heavy atom. The Labute approximate surface area is 122 Å². The summed E-state index contributed by atoms with van der Waals surface area (Å²) in [5.74, 6) is 0.300. The van der Waals surface area contributed by atoms with Gasteiger partial charge >= 0.3 is 5.97 Å². The van der Waals surface area contributed by atoms with Crippen LogP contribution in [0.2, 0.25) is 5.28 Å². The highest BCUT2D eigenvalue weighted by Crippen LogP contribution is 2.21. The fraction of sp³-hybridized carbons (Fsp3) is 0.214. The lowest BCUT2D eigenvalue weighted by Crippen LogP contribution is -2.10. The van der Waals surface area contributed by atoms with Crippen LogP contribution in [0, 0.1) is 0 Å². The molecule has 0 unspecified atom stereocenters. The molecular formula is C14H14ClN3O2. The van der Waals surface area contributed by atoms with E-state index < -0.39 is 0 Å². The van der Waals surface area contributed by atoms with Crippen molar-refractivity contribution in [2.24, 2.45) is 0 Å². The van der Waals surface area contributed by atoms with Crippen LogP contribution in [0.4, 0.5) is 5.82 Å². The average Bonchev–Trinajstić information content (AvgIpc) is 2.47. The first-order chi connectivity index (χ1) is 9.69. The number of halogens is 1. The lowest BCUT2D eigenvalue weighted by molar-refractivity contribution is -0.140. The van der Waals surface area contributed by atoms with Gasteiger partial charge in [0, 0.05) is 18.2 Å². The molecule has 1 N–H and O–H groups in total. The van der Waals surface area contributed by atoms with Gasteiger partial charge < -0.3 is 10.1 Å². The Morgan fingerprint density at radius 1 is 1.30 bits per heavy atom. The lowest BCUT2D eigenvalue weighted by atomic mass is 10.1. The molecule has 104 valence electrons. The van der Waals surface area contributed by atoms with Gasteiger partial charge in [-0.1, -0.05) is 30.3 Å². The fourth-order valence-electron chi connectivity index (χ4n) is 1.66. The van der Waals surface area contributed by atoms with Gasteiger partial charge in [-0.15, -0.1) is 0 Å². The van der Waals surface area contributed by atoms with Crippen LogP contribution < -0.4 is 5.32 Å². The number of methoxy groups -OCH3 is 1. The molecule has 6 heteroatoms. The smallest absolute Gasteiger partial charge is 0.307 e. The third-order valence-electron chi connectivity index (χ3n) is 2.63. The highest BCUT2D eigenvalue weighted by atomic mass is 35.5. The SMILES string of the molecule is COC(=O)CCNc1cc(-c2ccccc2)nc(Cl)n1. The second-order valence-electron chi connectivity index (χ2n) is 4.03. The standard InChI is InChI=1S/C14H14ClN3O2/c1-20-13(19)7-8-16-12-9-11(17-14(15)18-12)10-5-3-2-4-6-10/h2-6,9H,7-8H2,1H3,(H,16,17,18). The number of hydrogen-bond donors (Lipinski definition) is 1. The Kier molecular flexibility index (Phi) is 4.90. The summed E-state index contributed by atoms with van der Waals surface area (Å²) >= 11 is 5.91. The van der Waals surface area contributed by atoms with E-state index in [1.807, 2.05) is 30.3 Å². The van der Waals surface area contributed by atoms with Gasteiger partial charge in [-0.3, -0.25) is 4.79 Å². The highest BCUT2D eigenvalue weighted by molar-refractivity contribution is 6.28. The van der Waals surface area contributed by atoms with Crippen molar-refractivity contribution >= 4 is 23.4 Å². The number of anilines is 1. The van der Waals surface area contributed by atoms with E-state index in [-0.39, 0.29) is 17.7 Å². The number of carbonyl (C=O) groups is 1. The minimum absolute atomic E-state index is 0.159. The van der Waals surface area contributed by atoms with Gasteiger partial charge in [-0.25, -0.2) is 9.97 Å². The van der Waals surface area contributed by atoms with Crippen molar-refractivity contribution in [3.63, 3.8) is 0 Å². The molecule has 0 amide bonds. The topological polar surface area (TPSA) is 64.1 Å². The van der Waals surface area contributed by atoms with Gasteiger partial charge in [-0.05, 0) is 11.6 Å². The van der Waals surface area contributed by atoms with Crippen molar-refractivity contribution in [2.75, 3.05) is 19.0 Å². The number of nitrogens with one attached hydrogen (secondary N) is 1. The van der Waals surface area contributed by atoms with E-state index in [4.69, 9.17) is 11.6 Å². The van der Waals surface area contributed by atoms with Gasteiger partial charge in [0.25, 0.3) is 0 Å². The molecule has 0 atom stereocenters. The summed E-state index contributed by atoms with van der Waals surface area (Å²) in [5, 5.41) is 3.18. The van der Waals surface area contributed by atoms with Crippen LogP contribution >= 0.6 is 11.6 Å². The fourth-order valence-corrected chi connectivity index (χ4v) is 1.84. The van der Waals surface area contributed by atoms with Crippen molar-refractivity contribution in [1.29, 1.82) is 0 Å². The summed E-state index contributed by atoms with van der Waals surface area (Å²) < 4.78 is 4.57. The zero-order valence-electron chi connectivity index (χ0n) is 11.0. The second-order valence-corrected chi connectivity index (χ2v) is 4.36. The molecular weight excluding hydrogens is 278 g/mol. The van der Waals surface area contributed by atoms with Gasteiger partial charge in [0.1, 0.15) is 5.82 Å². The van der Waals surface area contributed by atoms with E-state index in [2.05, 4.69) is 20.0 Å². The van der Waals surface area contributed by atoms with Crippen LogP contribution in [0.3, 0.4) is 0 Å². The maximum Gasteiger partial charge on any atom is 0.307 e. The van der Waals surface area contributed by atoms with Crippen molar-refractivity contribution in [2.45, 2.75) is 6.42 Å². The van der Waals surface area contributed by atoms with Gasteiger partial charge in [0.2, 0.25) is 5.28 Å². The van der Waals surface area contributed by atoms with Gasteiger partial charge in [-0.2, -0.15) is 0 Å². The maximum atomic E-state index is 11.0. The number of esters is 1. The minimum atomic E-state index is -0.277. The molecule has 2 aromatic rings. The van der Waals surface area contributed by atoms with E-state index >= 15 is 0 Å². The summed E-state index contributed by atoms with van der Waals surface area (Å²) in [6.45, 7) is 0.425. The van der Waals surface area contributed by atoms with Crippen LogP contribution in [-0.2, 0) is 9.53 Å². The van der Waals surface area contributed by atoms with Crippen LogP contribution in [0.1, 0.15) is 6.42 Å². The largest absolute Gasteiger partial charge is 0.469 e. The number of benzene rings is 1. The zero-order valence-corrected chi connectivity index (χ0v) is 11.7. The third-order valence-corrected chi connectivity index (χ3v) is 2.80. The molecule has 0 aliphatic heterocycles. The Bertz CT molecular complexity index is 590. The monoisotopic (exact) mass is 291 g/mol. The average molecular weight is 292 g/mol. The Hall–Kier alpha value is -2.14. The van der Waals surface area contributed by atoms with E-state index in [9.17, 15) is 4.79 Å². The number of aromatic nitrogens is 2. The summed E-state index contributed by atoms with van der Waals surface area (Å²) in [5.41, 5.74) is 1.68. The number of hydrogen-bond acceptors (Lipinski definition) is 5. The Balaban J connectivity index is 2.11. The van der Waals surface area contributed by atoms with Crippen LogP contribution in [0.15, 0.2) is 36.4 Å². The first-order valence-corrected chi connectivity index (χ1v) is 6.47. The molecule has 2 rings (SSSR count). The van der Waals surface area contributed by atoms with E-state index in [0.29, 0.717) is 12.4 Å². The van der Waals surface area contributed by atoms with Crippen LogP contribution in [0.25, 0.3) is 11.3 Å². The van der Waals surface area contributed by atoms with Crippen molar-refractivity contribution in [3.8, 4) is 11.3 Å². The van der Waals surface area contributed by atoms with E-state index in [0.717, 1.165) is 11.3 Å². The third kappa shape index (κ3) is 3.93. The van der Waals surface area contributed by atoms with Crippen molar-refractivity contribution < 1.29 is 9.53 Å². The molecule has 0 aliphatic rings. The quantitative estimate of drug-likeness (QED) is 0.678. The first-order valence-electron chi connectivity index (χ1n) is 6.10. The molecule has 1 aromatic heterocycles. The molecule has 0 spiro atoms. The summed E-state index contributed by atoms with van der Waals surface area (Å²) in [7, 11) is 1.36. The second kappa shape index (κ2) is 6.86. The van der Waals surface area contributed by atoms with Gasteiger partial charge in [0.15, 0.2) is 0 Å². The van der Waals surface area contributed by atoms with Gasteiger partial charge in [0.05, 0.1) is 19.2 Å². The highest BCUT2D eigenvalue weighted by Gasteiger charge is 2.06. The summed E-state index contributed by atoms with van der Waals surface area (Å²) in [6.07, 6.45) is 0.263. The molecule has 0 bridgehead atoms. The minimum Gasteiger partial charge on any atom is -0.469 e. The van der Waals surface area contributed by atoms with E-state index in [1.165, 1.54) is 7.11 Å². The molecule has 20 heavy (non-hydrogen) atoms. The van der Waals surface area contributed by atoms with E-state index in [1.54, 1.807) is 6.07 Å². The first kappa shape index (κ1) is 14.3. The lowest BCUT2D eigenvalue weighted by Gasteiger charge is -2.07. The predicted octanol–water partition coefficient (Wildman–Crippen LogP) is 2.77. The molecule has 0 saturated heterocycles. The molecule has 0 aliphatic carbocycles. The normalized spacial score (nSPS) is 10.1. The summed E-state index contributed by atoms with van der Waals surface area (Å²) in [6, 6.07) is 11.5. The molecule has 1 aromatic carbocycles. The molecule has 5 nitrogen and oxygen atoms in total. The molecule has 0 radical (unpaired) electrons. The number of ether oxygens (including phenoxy) is 1. The van der Waals surface area contributed by atoms with Crippen molar-refractivity contribution in [1.82, 2.24) is 9.97 Å². The Morgan fingerprint density at radius 2 is 2.05 bits per heavy atom. The number of rotatable bonds is 5. The van der Waals surface area contributed by atoms with Crippen LogP contribution in [0.5, 0.6) is 0 Å². The van der Waals surface area contributed by atoms with Crippen molar-refractivity contribution in [3.05, 3.63) is 41.7 Å². The van der Waals surface area contributed by atoms with Crippen LogP contribution in [-0.4, -0.2) is 29.6 Å². The molecule has 1 heterocycles. The molecule has 0 saturated carbocycles. The number of nitrogens with zero attached hydrogens (tertiary/aromatic N) is 2. The maximum absolute atomic E-state index is 11.0. The molecule has 0 fully saturated rings.